The predicted molar refractivity (Wildman–Crippen MR) is 101 cm³/mol. The fourth-order valence-corrected chi connectivity index (χ4v) is 4.04. The molecule has 0 aromatic heterocycles. The molecule has 2 aromatic carbocycles. The van der Waals surface area contributed by atoms with Crippen molar-refractivity contribution in [2.24, 2.45) is 0 Å². The van der Waals surface area contributed by atoms with Crippen LogP contribution in [-0.2, 0) is 19.6 Å². The van der Waals surface area contributed by atoms with Crippen LogP contribution in [0.5, 0.6) is 0 Å². The molecule has 0 aliphatic carbocycles. The van der Waals surface area contributed by atoms with E-state index in [1.807, 2.05) is 13.2 Å². The first-order valence-electron chi connectivity index (χ1n) is 7.77. The van der Waals surface area contributed by atoms with Gasteiger partial charge in [-0.2, -0.15) is 0 Å². The molecule has 0 saturated heterocycles. The fraction of sp³-hybridized carbons (Fsp3) is 0.278. The van der Waals surface area contributed by atoms with Gasteiger partial charge in [-0.25, -0.2) is 8.42 Å². The second-order valence-corrected chi connectivity index (χ2v) is 8.07. The van der Waals surface area contributed by atoms with Crippen molar-refractivity contribution >= 4 is 33.4 Å². The Labute approximate surface area is 153 Å². The van der Waals surface area contributed by atoms with Gasteiger partial charge in [-0.3, -0.25) is 9.10 Å². The largest absolute Gasteiger partial charge is 0.465 e. The average molecular weight is 380 g/mol. The number of ether oxygens (including phenoxy) is 1. The van der Waals surface area contributed by atoms with E-state index in [9.17, 15) is 13.2 Å². The second kappa shape index (κ2) is 8.40. The minimum Gasteiger partial charge on any atom is -0.465 e. The van der Waals surface area contributed by atoms with Crippen LogP contribution in [0.15, 0.2) is 58.3 Å². The van der Waals surface area contributed by atoms with Crippen LogP contribution in [-0.4, -0.2) is 33.8 Å². The van der Waals surface area contributed by atoms with Crippen LogP contribution in [0.3, 0.4) is 0 Å². The maximum Gasteiger partial charge on any atom is 0.326 e. The Morgan fingerprint density at radius 3 is 2.20 bits per heavy atom. The highest BCUT2D eigenvalue weighted by atomic mass is 32.2. The average Bonchev–Trinajstić information content (AvgIpc) is 2.61. The van der Waals surface area contributed by atoms with Gasteiger partial charge in [0.2, 0.25) is 0 Å². The van der Waals surface area contributed by atoms with E-state index in [2.05, 4.69) is 0 Å². The number of anilines is 1. The van der Waals surface area contributed by atoms with Gasteiger partial charge >= 0.3 is 5.97 Å². The van der Waals surface area contributed by atoms with E-state index in [-0.39, 0.29) is 18.0 Å². The summed E-state index contributed by atoms with van der Waals surface area (Å²) in [4.78, 5) is 13.0. The molecule has 0 fully saturated rings. The Kier molecular flexibility index (Phi) is 6.50. The van der Waals surface area contributed by atoms with Crippen LogP contribution in [0.1, 0.15) is 12.5 Å². The summed E-state index contributed by atoms with van der Waals surface area (Å²) in [6, 6.07) is 13.6. The molecule has 0 N–H and O–H groups in total. The van der Waals surface area contributed by atoms with Crippen molar-refractivity contribution in [1.29, 1.82) is 0 Å². The number of nitrogens with zero attached hydrogens (tertiary/aromatic N) is 1. The second-order valence-electron chi connectivity index (χ2n) is 5.33. The van der Waals surface area contributed by atoms with E-state index >= 15 is 0 Å². The lowest BCUT2D eigenvalue weighted by Crippen LogP contribution is -2.36. The molecule has 0 unspecified atom stereocenters. The molecule has 0 aliphatic heterocycles. The van der Waals surface area contributed by atoms with Gasteiger partial charge in [0.05, 0.1) is 17.2 Å². The molecule has 2 rings (SSSR count). The molecule has 5 nitrogen and oxygen atoms in total. The topological polar surface area (TPSA) is 63.7 Å². The maximum absolute atomic E-state index is 13.1. The zero-order valence-corrected chi connectivity index (χ0v) is 16.1. The maximum atomic E-state index is 13.1. The van der Waals surface area contributed by atoms with E-state index in [4.69, 9.17) is 4.74 Å². The summed E-state index contributed by atoms with van der Waals surface area (Å²) in [5, 5.41) is 0. The molecule has 25 heavy (non-hydrogen) atoms. The fourth-order valence-electron chi connectivity index (χ4n) is 2.22. The Balaban J connectivity index is 2.44. The number of thioether (sulfide) groups is 1. The third-order valence-electron chi connectivity index (χ3n) is 3.55. The van der Waals surface area contributed by atoms with Crippen molar-refractivity contribution in [3.05, 3.63) is 54.1 Å². The van der Waals surface area contributed by atoms with E-state index < -0.39 is 16.0 Å². The Bertz CT molecular complexity index is 815. The SMILES string of the molecule is CCOC(=O)CN(c1ccc(C)cc1)S(=O)(=O)c1ccc(SC)cc1. The van der Waals surface area contributed by atoms with Crippen molar-refractivity contribution in [1.82, 2.24) is 0 Å². The van der Waals surface area contributed by atoms with Crippen molar-refractivity contribution in [3.8, 4) is 0 Å². The van der Waals surface area contributed by atoms with E-state index in [0.29, 0.717) is 5.69 Å². The lowest BCUT2D eigenvalue weighted by atomic mass is 10.2. The van der Waals surface area contributed by atoms with E-state index in [1.165, 1.54) is 11.8 Å². The summed E-state index contributed by atoms with van der Waals surface area (Å²) >= 11 is 1.53. The molecule has 0 atom stereocenters. The van der Waals surface area contributed by atoms with Crippen molar-refractivity contribution in [2.45, 2.75) is 23.6 Å². The summed E-state index contributed by atoms with van der Waals surface area (Å²) in [7, 11) is -3.88. The number of aryl methyl sites for hydroxylation is 1. The highest BCUT2D eigenvalue weighted by Gasteiger charge is 2.27. The lowest BCUT2D eigenvalue weighted by molar-refractivity contribution is -0.141. The van der Waals surface area contributed by atoms with Gasteiger partial charge in [-0.1, -0.05) is 17.7 Å². The molecule has 7 heteroatoms. The number of hydrogen-bond donors (Lipinski definition) is 0. The van der Waals surface area contributed by atoms with Crippen molar-refractivity contribution < 1.29 is 17.9 Å². The molecule has 0 aliphatic rings. The summed E-state index contributed by atoms with van der Waals surface area (Å²) in [6.45, 7) is 3.42. The number of hydrogen-bond acceptors (Lipinski definition) is 5. The Morgan fingerprint density at radius 1 is 1.08 bits per heavy atom. The van der Waals surface area contributed by atoms with Gasteiger partial charge in [0.15, 0.2) is 0 Å². The van der Waals surface area contributed by atoms with Gasteiger partial charge in [-0.15, -0.1) is 11.8 Å². The van der Waals surface area contributed by atoms with E-state index in [1.54, 1.807) is 55.5 Å². The number of benzene rings is 2. The van der Waals surface area contributed by atoms with E-state index in [0.717, 1.165) is 14.8 Å². The van der Waals surface area contributed by atoms with Gasteiger partial charge in [0.1, 0.15) is 6.54 Å². The predicted octanol–water partition coefficient (Wildman–Crippen LogP) is 3.48. The van der Waals surface area contributed by atoms with Crippen LogP contribution in [0.2, 0.25) is 0 Å². The smallest absolute Gasteiger partial charge is 0.326 e. The number of esters is 1. The Hall–Kier alpha value is -1.99. The third-order valence-corrected chi connectivity index (χ3v) is 6.08. The van der Waals surface area contributed by atoms with Crippen LogP contribution in [0, 0.1) is 6.92 Å². The number of carbonyl (C=O) groups is 1. The van der Waals surface area contributed by atoms with Gasteiger partial charge < -0.3 is 4.74 Å². The highest BCUT2D eigenvalue weighted by molar-refractivity contribution is 7.98. The van der Waals surface area contributed by atoms with Crippen LogP contribution in [0.4, 0.5) is 5.69 Å². The zero-order chi connectivity index (χ0) is 18.4. The molecule has 2 aromatic rings. The molecule has 134 valence electrons. The third kappa shape index (κ3) is 4.76. The lowest BCUT2D eigenvalue weighted by Gasteiger charge is -2.23. The molecule has 0 bridgehead atoms. The molecule has 0 radical (unpaired) electrons. The first-order valence-corrected chi connectivity index (χ1v) is 10.4. The number of rotatable bonds is 7. The van der Waals surface area contributed by atoms with Crippen LogP contribution < -0.4 is 4.31 Å². The zero-order valence-electron chi connectivity index (χ0n) is 14.4. The van der Waals surface area contributed by atoms with Crippen LogP contribution >= 0.6 is 11.8 Å². The van der Waals surface area contributed by atoms with Crippen molar-refractivity contribution in [3.63, 3.8) is 0 Å². The van der Waals surface area contributed by atoms with Gasteiger partial charge in [0.25, 0.3) is 10.0 Å². The summed E-state index contributed by atoms with van der Waals surface area (Å²) in [5.41, 5.74) is 1.43. The number of carbonyl (C=O) groups excluding carboxylic acids is 1. The standard InChI is InChI=1S/C18H21NO4S2/c1-4-23-18(20)13-19(15-7-5-14(2)6-8-15)25(21,22)17-11-9-16(24-3)10-12-17/h5-12H,4,13H2,1-3H3. The minimum absolute atomic E-state index is 0.134. The minimum atomic E-state index is -3.88. The summed E-state index contributed by atoms with van der Waals surface area (Å²) in [6.07, 6.45) is 1.92. The summed E-state index contributed by atoms with van der Waals surface area (Å²) in [5.74, 6) is -0.590. The highest BCUT2D eigenvalue weighted by Crippen LogP contribution is 2.25. The number of sulfonamides is 1. The van der Waals surface area contributed by atoms with Gasteiger partial charge in [0, 0.05) is 4.90 Å². The molecule has 0 amide bonds. The van der Waals surface area contributed by atoms with Crippen LogP contribution in [0.25, 0.3) is 0 Å². The normalized spacial score (nSPS) is 11.2. The quantitative estimate of drug-likeness (QED) is 0.544. The first kappa shape index (κ1) is 19.3. The molecule has 0 spiro atoms. The first-order chi connectivity index (χ1) is 11.9. The molecule has 0 heterocycles. The molecular formula is C18H21NO4S2. The summed E-state index contributed by atoms with van der Waals surface area (Å²) < 4.78 is 32.2. The molecule has 0 saturated carbocycles. The Morgan fingerprint density at radius 2 is 1.68 bits per heavy atom. The molecular weight excluding hydrogens is 358 g/mol. The monoisotopic (exact) mass is 379 g/mol. The van der Waals surface area contributed by atoms with Gasteiger partial charge in [-0.05, 0) is 56.5 Å². The van der Waals surface area contributed by atoms with Crippen molar-refractivity contribution in [2.75, 3.05) is 23.7 Å².